The molecule has 0 radical (unpaired) electrons. The van der Waals surface area contributed by atoms with E-state index in [0.29, 0.717) is 27.5 Å². The van der Waals surface area contributed by atoms with Gasteiger partial charge >= 0.3 is 12.4 Å². The molecule has 0 unspecified atom stereocenters. The number of rotatable bonds is 3. The third kappa shape index (κ3) is 4.09. The molecule has 0 bridgehead atoms. The molecule has 2 heterocycles. The fraction of sp³-hybridized carbons (Fsp3) is 0.368. The highest BCUT2D eigenvalue weighted by molar-refractivity contribution is 7.98. The first-order chi connectivity index (χ1) is 14.1. The van der Waals surface area contributed by atoms with E-state index in [2.05, 4.69) is 15.3 Å². The van der Waals surface area contributed by atoms with Crippen LogP contribution in [0.15, 0.2) is 23.4 Å². The first kappa shape index (κ1) is 21.2. The fourth-order valence-electron chi connectivity index (χ4n) is 3.48. The zero-order valence-corrected chi connectivity index (χ0v) is 17.2. The molecular formula is C19H15F6N3S2. The Bertz CT molecular complexity index is 1070. The number of nitrogens with one attached hydrogen (secondary N) is 1. The van der Waals surface area contributed by atoms with E-state index in [1.807, 2.05) is 0 Å². The number of thiophene rings is 1. The molecular weight excluding hydrogens is 448 g/mol. The van der Waals surface area contributed by atoms with Crippen LogP contribution in [0.3, 0.4) is 0 Å². The lowest BCUT2D eigenvalue weighted by molar-refractivity contribution is -0.143. The lowest BCUT2D eigenvalue weighted by Gasteiger charge is -2.16. The van der Waals surface area contributed by atoms with Gasteiger partial charge in [0.2, 0.25) is 0 Å². The Morgan fingerprint density at radius 3 is 2.17 bits per heavy atom. The van der Waals surface area contributed by atoms with Crippen molar-refractivity contribution in [2.24, 2.45) is 0 Å². The first-order valence-corrected chi connectivity index (χ1v) is 11.0. The topological polar surface area (TPSA) is 37.8 Å². The lowest BCUT2D eigenvalue weighted by atomic mass is 9.97. The predicted octanol–water partition coefficient (Wildman–Crippen LogP) is 7.07. The highest BCUT2D eigenvalue weighted by Gasteiger charge is 2.37. The number of hydrogen-bond acceptors (Lipinski definition) is 5. The van der Waals surface area contributed by atoms with Gasteiger partial charge in [-0.05, 0) is 55.7 Å². The highest BCUT2D eigenvalue weighted by Crippen LogP contribution is 2.42. The molecule has 0 saturated heterocycles. The van der Waals surface area contributed by atoms with Gasteiger partial charge in [-0.2, -0.15) is 26.3 Å². The first-order valence-electron chi connectivity index (χ1n) is 8.99. The highest BCUT2D eigenvalue weighted by atomic mass is 32.2. The molecule has 1 aliphatic carbocycles. The zero-order valence-electron chi connectivity index (χ0n) is 15.5. The van der Waals surface area contributed by atoms with Gasteiger partial charge in [-0.15, -0.1) is 11.3 Å². The van der Waals surface area contributed by atoms with Crippen molar-refractivity contribution in [3.63, 3.8) is 0 Å². The summed E-state index contributed by atoms with van der Waals surface area (Å²) in [5.74, 6) is 0.233. The Labute approximate surface area is 175 Å². The van der Waals surface area contributed by atoms with Crippen molar-refractivity contribution < 1.29 is 26.3 Å². The molecule has 0 spiro atoms. The number of alkyl halides is 6. The largest absolute Gasteiger partial charge is 0.416 e. The minimum atomic E-state index is -4.91. The Morgan fingerprint density at radius 1 is 0.933 bits per heavy atom. The molecule has 2 aromatic heterocycles. The zero-order chi connectivity index (χ0) is 21.7. The van der Waals surface area contributed by atoms with E-state index in [9.17, 15) is 26.3 Å². The summed E-state index contributed by atoms with van der Waals surface area (Å²) in [5, 5.41) is 3.80. The maximum absolute atomic E-state index is 13.2. The van der Waals surface area contributed by atoms with E-state index in [1.54, 1.807) is 6.26 Å². The van der Waals surface area contributed by atoms with Crippen molar-refractivity contribution in [1.82, 2.24) is 9.97 Å². The van der Waals surface area contributed by atoms with Crippen molar-refractivity contribution in [2.45, 2.75) is 43.2 Å². The third-order valence-corrected chi connectivity index (χ3v) is 6.56. The molecule has 4 rings (SSSR count). The van der Waals surface area contributed by atoms with Crippen LogP contribution in [0.2, 0.25) is 0 Å². The number of hydrogen-bond donors (Lipinski definition) is 1. The van der Waals surface area contributed by atoms with Crippen LogP contribution in [0.1, 0.15) is 34.4 Å². The summed E-state index contributed by atoms with van der Waals surface area (Å²) < 4.78 is 79.2. The van der Waals surface area contributed by atoms with E-state index in [-0.39, 0.29) is 17.6 Å². The smallest absolute Gasteiger partial charge is 0.340 e. The molecule has 1 N–H and O–H groups in total. The van der Waals surface area contributed by atoms with Crippen molar-refractivity contribution >= 4 is 44.8 Å². The van der Waals surface area contributed by atoms with Crippen molar-refractivity contribution in [3.8, 4) is 0 Å². The monoisotopic (exact) mass is 463 g/mol. The molecule has 160 valence electrons. The van der Waals surface area contributed by atoms with Gasteiger partial charge in [-0.25, -0.2) is 9.97 Å². The second-order valence-electron chi connectivity index (χ2n) is 6.87. The minimum absolute atomic E-state index is 0.112. The average Bonchev–Trinajstić information content (AvgIpc) is 3.05. The Hall–Kier alpha value is -2.01. The van der Waals surface area contributed by atoms with Crippen molar-refractivity contribution in [2.75, 3.05) is 11.6 Å². The van der Waals surface area contributed by atoms with Crippen LogP contribution in [0.25, 0.3) is 10.2 Å². The third-order valence-electron chi connectivity index (χ3n) is 4.83. The number of aryl methyl sites for hydroxylation is 2. The van der Waals surface area contributed by atoms with Crippen LogP contribution in [-0.4, -0.2) is 16.2 Å². The second-order valence-corrected chi connectivity index (χ2v) is 8.73. The van der Waals surface area contributed by atoms with Crippen molar-refractivity contribution in [3.05, 3.63) is 39.8 Å². The van der Waals surface area contributed by atoms with Crippen LogP contribution in [0.5, 0.6) is 0 Å². The minimum Gasteiger partial charge on any atom is -0.340 e. The number of halogens is 6. The van der Waals surface area contributed by atoms with Gasteiger partial charge in [-0.1, -0.05) is 11.8 Å². The SMILES string of the molecule is CSc1nc(Nc2cc(C(F)(F)F)cc(C(F)(F)F)c2)c2c3c(sc2n1)CCCC3. The van der Waals surface area contributed by atoms with Crippen LogP contribution in [0, 0.1) is 0 Å². The average molecular weight is 463 g/mol. The van der Waals surface area contributed by atoms with Crippen LogP contribution >= 0.6 is 23.1 Å². The number of benzene rings is 1. The summed E-state index contributed by atoms with van der Waals surface area (Å²) in [6.07, 6.45) is -4.41. The van der Waals surface area contributed by atoms with Crippen molar-refractivity contribution in [1.29, 1.82) is 0 Å². The number of thioether (sulfide) groups is 1. The number of anilines is 2. The molecule has 0 fully saturated rings. The van der Waals surface area contributed by atoms with Gasteiger partial charge in [0.1, 0.15) is 10.6 Å². The molecule has 3 nitrogen and oxygen atoms in total. The summed E-state index contributed by atoms with van der Waals surface area (Å²) in [6, 6.07) is 1.45. The van der Waals surface area contributed by atoms with E-state index >= 15 is 0 Å². The summed E-state index contributed by atoms with van der Waals surface area (Å²) in [4.78, 5) is 10.7. The van der Waals surface area contributed by atoms with E-state index < -0.39 is 23.5 Å². The van der Waals surface area contributed by atoms with Gasteiger partial charge in [-0.3, -0.25) is 0 Å². The fourth-order valence-corrected chi connectivity index (χ4v) is 5.17. The van der Waals surface area contributed by atoms with E-state index in [4.69, 9.17) is 0 Å². The number of aromatic nitrogens is 2. The second kappa shape index (κ2) is 7.60. The maximum atomic E-state index is 13.2. The Kier molecular flexibility index (Phi) is 5.38. The van der Waals surface area contributed by atoms with Crippen LogP contribution in [-0.2, 0) is 25.2 Å². The van der Waals surface area contributed by atoms with E-state index in [1.165, 1.54) is 23.1 Å². The molecule has 11 heteroatoms. The molecule has 0 saturated carbocycles. The van der Waals surface area contributed by atoms with E-state index in [0.717, 1.165) is 36.1 Å². The quantitative estimate of drug-likeness (QED) is 0.256. The summed E-state index contributed by atoms with van der Waals surface area (Å²) >= 11 is 2.76. The Balaban J connectivity index is 1.87. The standard InChI is InChI=1S/C19H15F6N3S2/c1-29-17-27-15(14-12-4-2-3-5-13(12)30-16(14)28-17)26-11-7-9(18(20,21)22)6-10(8-11)19(23,24)25/h6-8H,2-5H2,1H3,(H,26,27,28). The molecule has 1 aliphatic rings. The van der Waals surface area contributed by atoms with Crippen LogP contribution < -0.4 is 5.32 Å². The molecule has 30 heavy (non-hydrogen) atoms. The van der Waals surface area contributed by atoms with Gasteiger partial charge < -0.3 is 5.32 Å². The summed E-state index contributed by atoms with van der Waals surface area (Å²) in [7, 11) is 0. The van der Waals surface area contributed by atoms with Gasteiger partial charge in [0.05, 0.1) is 16.5 Å². The maximum Gasteiger partial charge on any atom is 0.416 e. The molecule has 3 aromatic rings. The summed E-state index contributed by atoms with van der Waals surface area (Å²) in [6.45, 7) is 0. The molecule has 0 atom stereocenters. The molecule has 0 aliphatic heterocycles. The predicted molar refractivity (Wildman–Crippen MR) is 106 cm³/mol. The van der Waals surface area contributed by atoms with Gasteiger partial charge in [0.15, 0.2) is 5.16 Å². The summed E-state index contributed by atoms with van der Waals surface area (Å²) in [5.41, 5.74) is -2.04. The normalized spacial score (nSPS) is 14.8. The lowest BCUT2D eigenvalue weighted by Crippen LogP contribution is -2.12. The Morgan fingerprint density at radius 2 is 1.57 bits per heavy atom. The number of fused-ring (bicyclic) bond motifs is 3. The van der Waals surface area contributed by atoms with Gasteiger partial charge in [0, 0.05) is 10.6 Å². The van der Waals surface area contributed by atoms with Crippen LogP contribution in [0.4, 0.5) is 37.8 Å². The van der Waals surface area contributed by atoms with Gasteiger partial charge in [0.25, 0.3) is 0 Å². The molecule has 1 aromatic carbocycles. The number of nitrogens with zero attached hydrogens (tertiary/aromatic N) is 2. The molecule has 0 amide bonds.